The molecule has 0 unspecified atom stereocenters. The molecule has 1 N–H and O–H groups in total. The minimum atomic E-state index is -0.313. The molecule has 2 aromatic rings. The van der Waals surface area contributed by atoms with E-state index in [0.717, 1.165) is 25.1 Å². The van der Waals surface area contributed by atoms with E-state index in [2.05, 4.69) is 12.2 Å². The molecular weight excluding hydrogens is 253 g/mol. The zero-order chi connectivity index (χ0) is 14.4. The van der Waals surface area contributed by atoms with Gasteiger partial charge >= 0.3 is 0 Å². The lowest BCUT2D eigenvalue weighted by Crippen LogP contribution is -2.13. The minimum Gasteiger partial charge on any atom is -0.494 e. The molecule has 0 aliphatic carbocycles. The molecule has 0 aromatic heterocycles. The highest BCUT2D eigenvalue weighted by Crippen LogP contribution is 2.28. The lowest BCUT2D eigenvalue weighted by Gasteiger charge is -2.09. The molecule has 0 heterocycles. The number of rotatable bonds is 6. The molecule has 3 heteroatoms. The SMILES string of the molecule is CCCNCc1ccc(-c2cccc(OC)c2F)cc1. The Hall–Kier alpha value is -1.87. The van der Waals surface area contributed by atoms with Gasteiger partial charge < -0.3 is 10.1 Å². The van der Waals surface area contributed by atoms with Crippen molar-refractivity contribution in [2.45, 2.75) is 19.9 Å². The van der Waals surface area contributed by atoms with Gasteiger partial charge in [0.1, 0.15) is 0 Å². The Labute approximate surface area is 119 Å². The summed E-state index contributed by atoms with van der Waals surface area (Å²) < 4.78 is 19.2. The lowest BCUT2D eigenvalue weighted by atomic mass is 10.0. The molecule has 20 heavy (non-hydrogen) atoms. The maximum Gasteiger partial charge on any atom is 0.172 e. The lowest BCUT2D eigenvalue weighted by molar-refractivity contribution is 0.387. The summed E-state index contributed by atoms with van der Waals surface area (Å²) in [6.45, 7) is 3.99. The van der Waals surface area contributed by atoms with Gasteiger partial charge in [-0.25, -0.2) is 4.39 Å². The van der Waals surface area contributed by atoms with E-state index in [1.165, 1.54) is 12.7 Å². The Kier molecular flexibility index (Phi) is 5.13. The first-order valence-electron chi connectivity index (χ1n) is 6.88. The van der Waals surface area contributed by atoms with Crippen molar-refractivity contribution >= 4 is 0 Å². The van der Waals surface area contributed by atoms with Crippen LogP contribution in [0, 0.1) is 5.82 Å². The largest absolute Gasteiger partial charge is 0.494 e. The molecule has 2 nitrogen and oxygen atoms in total. The summed E-state index contributed by atoms with van der Waals surface area (Å²) in [5.41, 5.74) is 2.63. The summed E-state index contributed by atoms with van der Waals surface area (Å²) >= 11 is 0. The summed E-state index contributed by atoms with van der Waals surface area (Å²) in [5.74, 6) is -0.0388. The average Bonchev–Trinajstić information content (AvgIpc) is 2.49. The van der Waals surface area contributed by atoms with E-state index in [-0.39, 0.29) is 11.6 Å². The van der Waals surface area contributed by atoms with Gasteiger partial charge in [0.05, 0.1) is 7.11 Å². The standard InChI is InChI=1S/C17H20FNO/c1-3-11-19-12-13-7-9-14(10-8-13)15-5-4-6-16(20-2)17(15)18/h4-10,19H,3,11-12H2,1-2H3. The van der Waals surface area contributed by atoms with Crippen molar-refractivity contribution in [2.24, 2.45) is 0 Å². The number of hydrogen-bond acceptors (Lipinski definition) is 2. The van der Waals surface area contributed by atoms with E-state index in [9.17, 15) is 4.39 Å². The van der Waals surface area contributed by atoms with Crippen LogP contribution in [-0.4, -0.2) is 13.7 Å². The van der Waals surface area contributed by atoms with E-state index in [1.807, 2.05) is 24.3 Å². The van der Waals surface area contributed by atoms with Crippen molar-refractivity contribution in [3.63, 3.8) is 0 Å². The number of ether oxygens (including phenoxy) is 1. The van der Waals surface area contributed by atoms with Gasteiger partial charge in [0.2, 0.25) is 0 Å². The topological polar surface area (TPSA) is 21.3 Å². The summed E-state index contributed by atoms with van der Waals surface area (Å²) in [5, 5.41) is 3.35. The van der Waals surface area contributed by atoms with Crippen LogP contribution in [0.25, 0.3) is 11.1 Å². The second-order valence-corrected chi connectivity index (χ2v) is 4.70. The number of halogens is 1. The zero-order valence-electron chi connectivity index (χ0n) is 11.9. The third-order valence-electron chi connectivity index (χ3n) is 3.20. The van der Waals surface area contributed by atoms with Gasteiger partial charge in [-0.05, 0) is 30.2 Å². The Morgan fingerprint density at radius 2 is 1.85 bits per heavy atom. The summed E-state index contributed by atoms with van der Waals surface area (Å²) in [6, 6.07) is 13.1. The van der Waals surface area contributed by atoms with Crippen LogP contribution < -0.4 is 10.1 Å². The Morgan fingerprint density at radius 3 is 2.50 bits per heavy atom. The van der Waals surface area contributed by atoms with Crippen molar-refractivity contribution in [1.82, 2.24) is 5.32 Å². The second-order valence-electron chi connectivity index (χ2n) is 4.70. The molecule has 2 aromatic carbocycles. The fourth-order valence-electron chi connectivity index (χ4n) is 2.10. The molecule has 0 aliphatic heterocycles. The summed E-state index contributed by atoms with van der Waals surface area (Å²) in [6.07, 6.45) is 1.12. The molecule has 2 rings (SSSR count). The highest BCUT2D eigenvalue weighted by molar-refractivity contribution is 5.66. The Morgan fingerprint density at radius 1 is 1.10 bits per heavy atom. The zero-order valence-corrected chi connectivity index (χ0v) is 11.9. The predicted octanol–water partition coefficient (Wildman–Crippen LogP) is 4.00. The highest BCUT2D eigenvalue weighted by atomic mass is 19.1. The molecule has 106 valence electrons. The first kappa shape index (κ1) is 14.5. The van der Waals surface area contributed by atoms with Crippen molar-refractivity contribution in [3.05, 3.63) is 53.8 Å². The highest BCUT2D eigenvalue weighted by Gasteiger charge is 2.09. The normalized spacial score (nSPS) is 10.6. The number of nitrogens with one attached hydrogen (secondary N) is 1. The van der Waals surface area contributed by atoms with Crippen LogP contribution in [0.5, 0.6) is 5.75 Å². The molecule has 0 spiro atoms. The van der Waals surface area contributed by atoms with Crippen LogP contribution in [0.2, 0.25) is 0 Å². The third kappa shape index (κ3) is 3.36. The van der Waals surface area contributed by atoms with Crippen molar-refractivity contribution in [1.29, 1.82) is 0 Å². The van der Waals surface area contributed by atoms with Gasteiger partial charge in [-0.3, -0.25) is 0 Å². The Bertz CT molecular complexity index is 551. The van der Waals surface area contributed by atoms with Gasteiger partial charge in [0.15, 0.2) is 11.6 Å². The second kappa shape index (κ2) is 7.06. The van der Waals surface area contributed by atoms with Crippen molar-refractivity contribution < 1.29 is 9.13 Å². The molecule has 0 fully saturated rings. The molecule has 0 radical (unpaired) electrons. The van der Waals surface area contributed by atoms with E-state index in [4.69, 9.17) is 4.74 Å². The number of benzene rings is 2. The van der Waals surface area contributed by atoms with E-state index >= 15 is 0 Å². The molecule has 0 atom stereocenters. The molecule has 0 saturated carbocycles. The van der Waals surface area contributed by atoms with Crippen molar-refractivity contribution in [2.75, 3.05) is 13.7 Å². The molecule has 0 bridgehead atoms. The maximum absolute atomic E-state index is 14.2. The van der Waals surface area contributed by atoms with E-state index in [1.54, 1.807) is 18.2 Å². The molecule has 0 saturated heterocycles. The first-order valence-corrected chi connectivity index (χ1v) is 6.88. The third-order valence-corrected chi connectivity index (χ3v) is 3.20. The summed E-state index contributed by atoms with van der Waals surface area (Å²) in [7, 11) is 1.48. The fourth-order valence-corrected chi connectivity index (χ4v) is 2.10. The van der Waals surface area contributed by atoms with Gasteiger partial charge in [-0.2, -0.15) is 0 Å². The van der Waals surface area contributed by atoms with Gasteiger partial charge in [0, 0.05) is 12.1 Å². The average molecular weight is 273 g/mol. The van der Waals surface area contributed by atoms with Crippen LogP contribution >= 0.6 is 0 Å². The monoisotopic (exact) mass is 273 g/mol. The van der Waals surface area contributed by atoms with Crippen LogP contribution in [0.3, 0.4) is 0 Å². The first-order chi connectivity index (χ1) is 9.76. The fraction of sp³-hybridized carbons (Fsp3) is 0.294. The summed E-state index contributed by atoms with van der Waals surface area (Å²) in [4.78, 5) is 0. The smallest absolute Gasteiger partial charge is 0.172 e. The van der Waals surface area contributed by atoms with E-state index in [0.29, 0.717) is 5.56 Å². The number of hydrogen-bond donors (Lipinski definition) is 1. The number of methoxy groups -OCH3 is 1. The van der Waals surface area contributed by atoms with Crippen LogP contribution in [0.4, 0.5) is 4.39 Å². The Balaban J connectivity index is 2.17. The van der Waals surface area contributed by atoms with Crippen LogP contribution in [0.15, 0.2) is 42.5 Å². The van der Waals surface area contributed by atoms with Gasteiger partial charge in [0.25, 0.3) is 0 Å². The van der Waals surface area contributed by atoms with Gasteiger partial charge in [-0.1, -0.05) is 43.3 Å². The quantitative estimate of drug-likeness (QED) is 0.803. The van der Waals surface area contributed by atoms with Crippen LogP contribution in [0.1, 0.15) is 18.9 Å². The van der Waals surface area contributed by atoms with E-state index < -0.39 is 0 Å². The van der Waals surface area contributed by atoms with Crippen LogP contribution in [-0.2, 0) is 6.54 Å². The molecule has 0 amide bonds. The van der Waals surface area contributed by atoms with Crippen molar-refractivity contribution in [3.8, 4) is 16.9 Å². The minimum absolute atomic E-state index is 0.274. The van der Waals surface area contributed by atoms with Gasteiger partial charge in [-0.15, -0.1) is 0 Å². The maximum atomic E-state index is 14.2. The molecular formula is C17H20FNO. The predicted molar refractivity (Wildman–Crippen MR) is 80.4 cm³/mol. The molecule has 0 aliphatic rings.